The minimum Gasteiger partial charge on any atom is -0.472 e. The van der Waals surface area contributed by atoms with Crippen LogP contribution in [0.3, 0.4) is 0 Å². The monoisotopic (exact) mass is 250 g/mol. The molecule has 17 heavy (non-hydrogen) atoms. The van der Waals surface area contributed by atoms with Gasteiger partial charge in [-0.25, -0.2) is 4.98 Å². The molecule has 0 N–H and O–H groups in total. The second kappa shape index (κ2) is 5.01. The molecule has 0 aromatic carbocycles. The van der Waals surface area contributed by atoms with Gasteiger partial charge in [-0.05, 0) is 18.2 Å². The van der Waals surface area contributed by atoms with Crippen LogP contribution in [-0.4, -0.2) is 22.8 Å². The second-order valence-corrected chi connectivity index (χ2v) is 3.99. The summed E-state index contributed by atoms with van der Waals surface area (Å²) in [5.74, 6) is -0.163. The molecule has 0 saturated heterocycles. The van der Waals surface area contributed by atoms with Crippen LogP contribution < -0.4 is 0 Å². The number of halogens is 1. The fourth-order valence-corrected chi connectivity index (χ4v) is 1.68. The van der Waals surface area contributed by atoms with Gasteiger partial charge in [-0.2, -0.15) is 0 Å². The molecule has 0 aliphatic heterocycles. The number of nitrogens with zero attached hydrogens (tertiary/aromatic N) is 2. The third kappa shape index (κ3) is 2.65. The summed E-state index contributed by atoms with van der Waals surface area (Å²) in [6, 6.07) is 5.16. The lowest BCUT2D eigenvalue weighted by Crippen LogP contribution is -2.26. The molecule has 2 rings (SSSR count). The highest BCUT2D eigenvalue weighted by Gasteiger charge is 2.15. The average Bonchev–Trinajstić information content (AvgIpc) is 2.81. The minimum atomic E-state index is -0.163. The van der Waals surface area contributed by atoms with Crippen molar-refractivity contribution >= 4 is 17.5 Å². The van der Waals surface area contributed by atoms with Crippen molar-refractivity contribution in [3.05, 3.63) is 53.2 Å². The van der Waals surface area contributed by atoms with Crippen LogP contribution in [0.1, 0.15) is 15.9 Å². The molecule has 4 nitrogen and oxygen atoms in total. The number of hydrogen-bond acceptors (Lipinski definition) is 3. The van der Waals surface area contributed by atoms with Crippen LogP contribution in [0.2, 0.25) is 5.15 Å². The number of furan rings is 1. The van der Waals surface area contributed by atoms with Gasteiger partial charge in [-0.15, -0.1) is 0 Å². The fraction of sp³-hybridized carbons (Fsp3) is 0.167. The first-order chi connectivity index (χ1) is 8.18. The molecule has 1 amide bonds. The molecule has 5 heteroatoms. The van der Waals surface area contributed by atoms with Crippen LogP contribution in [0.15, 0.2) is 41.3 Å². The zero-order valence-corrected chi connectivity index (χ0v) is 10.0. The van der Waals surface area contributed by atoms with E-state index in [9.17, 15) is 4.79 Å². The smallest absolute Gasteiger partial charge is 0.257 e. The zero-order chi connectivity index (χ0) is 12.3. The molecule has 0 saturated carbocycles. The third-order valence-electron chi connectivity index (χ3n) is 2.34. The summed E-state index contributed by atoms with van der Waals surface area (Å²) in [7, 11) is 1.71. The van der Waals surface area contributed by atoms with Gasteiger partial charge in [0.05, 0.1) is 18.1 Å². The molecule has 0 spiro atoms. The number of pyridine rings is 1. The second-order valence-electron chi connectivity index (χ2n) is 3.63. The van der Waals surface area contributed by atoms with Gasteiger partial charge in [0.1, 0.15) is 5.15 Å². The van der Waals surface area contributed by atoms with Gasteiger partial charge in [0.2, 0.25) is 0 Å². The Hall–Kier alpha value is -1.81. The number of carbonyl (C=O) groups excluding carboxylic acids is 1. The summed E-state index contributed by atoms with van der Waals surface area (Å²) in [4.78, 5) is 17.5. The molecule has 2 heterocycles. The van der Waals surface area contributed by atoms with Crippen molar-refractivity contribution in [2.75, 3.05) is 7.05 Å². The maximum absolute atomic E-state index is 12.1. The van der Waals surface area contributed by atoms with Crippen molar-refractivity contribution < 1.29 is 9.21 Å². The normalized spacial score (nSPS) is 10.2. The van der Waals surface area contributed by atoms with E-state index >= 15 is 0 Å². The maximum atomic E-state index is 12.1. The summed E-state index contributed by atoms with van der Waals surface area (Å²) < 4.78 is 4.95. The number of hydrogen-bond donors (Lipinski definition) is 0. The number of amides is 1. The van der Waals surface area contributed by atoms with E-state index in [4.69, 9.17) is 16.0 Å². The fourth-order valence-electron chi connectivity index (χ4n) is 1.48. The van der Waals surface area contributed by atoms with Crippen molar-refractivity contribution in [1.82, 2.24) is 9.88 Å². The number of rotatable bonds is 3. The van der Waals surface area contributed by atoms with Crippen LogP contribution in [0.25, 0.3) is 0 Å². The van der Waals surface area contributed by atoms with Crippen molar-refractivity contribution in [3.63, 3.8) is 0 Å². The number of aromatic nitrogens is 1. The Morgan fingerprint density at radius 1 is 1.53 bits per heavy atom. The molecule has 0 bridgehead atoms. The Morgan fingerprint density at radius 2 is 2.35 bits per heavy atom. The summed E-state index contributed by atoms with van der Waals surface area (Å²) in [5.41, 5.74) is 1.33. The molecule has 0 atom stereocenters. The molecular weight excluding hydrogens is 240 g/mol. The van der Waals surface area contributed by atoms with Crippen molar-refractivity contribution in [3.8, 4) is 0 Å². The first-order valence-corrected chi connectivity index (χ1v) is 5.43. The summed E-state index contributed by atoms with van der Waals surface area (Å²) >= 11 is 5.87. The van der Waals surface area contributed by atoms with E-state index in [-0.39, 0.29) is 11.1 Å². The molecule has 0 fully saturated rings. The lowest BCUT2D eigenvalue weighted by molar-refractivity contribution is 0.0784. The van der Waals surface area contributed by atoms with Crippen LogP contribution in [0.4, 0.5) is 0 Å². The highest BCUT2D eigenvalue weighted by atomic mass is 35.5. The Labute approximate surface area is 104 Å². The molecule has 0 aliphatic carbocycles. The van der Waals surface area contributed by atoms with Crippen LogP contribution in [0, 0.1) is 0 Å². The van der Waals surface area contributed by atoms with E-state index in [1.807, 2.05) is 6.07 Å². The molecule has 2 aromatic rings. The van der Waals surface area contributed by atoms with E-state index in [0.29, 0.717) is 12.1 Å². The first-order valence-electron chi connectivity index (χ1n) is 5.05. The standard InChI is InChI=1S/C12H11ClN2O2/c1-15(7-9-4-6-17-8-9)12(16)10-3-2-5-14-11(10)13/h2-6,8H,7H2,1H3. The Balaban J connectivity index is 2.13. The largest absolute Gasteiger partial charge is 0.472 e. The van der Waals surface area contributed by atoms with E-state index < -0.39 is 0 Å². The quantitative estimate of drug-likeness (QED) is 0.787. The van der Waals surface area contributed by atoms with Crippen LogP contribution in [-0.2, 0) is 6.54 Å². The van der Waals surface area contributed by atoms with Gasteiger partial charge in [0.25, 0.3) is 5.91 Å². The zero-order valence-electron chi connectivity index (χ0n) is 9.26. The van der Waals surface area contributed by atoms with Crippen molar-refractivity contribution in [1.29, 1.82) is 0 Å². The van der Waals surface area contributed by atoms with E-state index in [1.54, 1.807) is 42.8 Å². The molecular formula is C12H11ClN2O2. The summed E-state index contributed by atoms with van der Waals surface area (Å²) in [6.07, 6.45) is 4.73. The Bertz CT molecular complexity index is 511. The van der Waals surface area contributed by atoms with Crippen molar-refractivity contribution in [2.45, 2.75) is 6.54 Å². The van der Waals surface area contributed by atoms with Gasteiger partial charge in [-0.1, -0.05) is 11.6 Å². The minimum absolute atomic E-state index is 0.163. The van der Waals surface area contributed by atoms with Crippen LogP contribution >= 0.6 is 11.6 Å². The molecule has 0 unspecified atom stereocenters. The molecule has 88 valence electrons. The van der Waals surface area contributed by atoms with Gasteiger partial charge in [0, 0.05) is 25.4 Å². The lowest BCUT2D eigenvalue weighted by Gasteiger charge is -2.16. The van der Waals surface area contributed by atoms with Crippen LogP contribution in [0.5, 0.6) is 0 Å². The highest BCUT2D eigenvalue weighted by Crippen LogP contribution is 2.15. The highest BCUT2D eigenvalue weighted by molar-refractivity contribution is 6.32. The molecule has 2 aromatic heterocycles. The van der Waals surface area contributed by atoms with E-state index in [2.05, 4.69) is 4.98 Å². The molecule has 0 radical (unpaired) electrons. The van der Waals surface area contributed by atoms with Gasteiger partial charge in [-0.3, -0.25) is 4.79 Å². The number of carbonyl (C=O) groups is 1. The Kier molecular flexibility index (Phi) is 3.44. The van der Waals surface area contributed by atoms with E-state index in [1.165, 1.54) is 0 Å². The van der Waals surface area contributed by atoms with Crippen molar-refractivity contribution in [2.24, 2.45) is 0 Å². The van der Waals surface area contributed by atoms with Gasteiger partial charge < -0.3 is 9.32 Å². The topological polar surface area (TPSA) is 46.3 Å². The SMILES string of the molecule is CN(Cc1ccoc1)C(=O)c1cccnc1Cl. The maximum Gasteiger partial charge on any atom is 0.257 e. The predicted octanol–water partition coefficient (Wildman–Crippen LogP) is 2.60. The Morgan fingerprint density at radius 3 is 3.00 bits per heavy atom. The summed E-state index contributed by atoms with van der Waals surface area (Å²) in [5, 5.41) is 0.219. The average molecular weight is 251 g/mol. The first kappa shape index (κ1) is 11.7. The summed E-state index contributed by atoms with van der Waals surface area (Å²) in [6.45, 7) is 0.473. The van der Waals surface area contributed by atoms with Gasteiger partial charge in [0.15, 0.2) is 0 Å². The van der Waals surface area contributed by atoms with E-state index in [0.717, 1.165) is 5.56 Å². The molecule has 0 aliphatic rings. The lowest BCUT2D eigenvalue weighted by atomic mass is 10.2. The third-order valence-corrected chi connectivity index (χ3v) is 2.64. The predicted molar refractivity (Wildman–Crippen MR) is 63.8 cm³/mol. The van der Waals surface area contributed by atoms with Gasteiger partial charge >= 0.3 is 0 Å².